The zero-order valence-electron chi connectivity index (χ0n) is 11.9. The van der Waals surface area contributed by atoms with E-state index in [4.69, 9.17) is 4.74 Å². The number of nitrogens with one attached hydrogen (secondary N) is 1. The smallest absolute Gasteiger partial charge is 0.0779 e. The Morgan fingerprint density at radius 2 is 2.39 bits per heavy atom. The minimum atomic E-state index is 0.0394. The van der Waals surface area contributed by atoms with Crippen molar-refractivity contribution in [1.29, 1.82) is 0 Å². The SMILES string of the molecule is CCNC(C)c1cnn(CC2CCC(C)(C)O2)c1. The van der Waals surface area contributed by atoms with E-state index in [1.165, 1.54) is 5.56 Å². The van der Waals surface area contributed by atoms with Gasteiger partial charge in [0.1, 0.15) is 0 Å². The Bertz CT molecular complexity index is 386. The van der Waals surface area contributed by atoms with Crippen molar-refractivity contribution in [1.82, 2.24) is 15.1 Å². The Hall–Kier alpha value is -0.870. The van der Waals surface area contributed by atoms with Gasteiger partial charge in [-0.2, -0.15) is 5.10 Å². The number of nitrogens with zero attached hydrogens (tertiary/aromatic N) is 2. The molecule has 102 valence electrons. The minimum absolute atomic E-state index is 0.0394. The summed E-state index contributed by atoms with van der Waals surface area (Å²) in [6, 6.07) is 0.365. The maximum atomic E-state index is 5.99. The Morgan fingerprint density at radius 1 is 1.61 bits per heavy atom. The molecule has 1 aliphatic rings. The third-order valence-corrected chi connectivity index (χ3v) is 3.61. The number of ether oxygens (including phenoxy) is 1. The summed E-state index contributed by atoms with van der Waals surface area (Å²) in [5, 5.41) is 7.82. The summed E-state index contributed by atoms with van der Waals surface area (Å²) in [6.45, 7) is 10.5. The Labute approximate surface area is 110 Å². The molecule has 0 bridgehead atoms. The lowest BCUT2D eigenvalue weighted by Crippen LogP contribution is -2.23. The van der Waals surface area contributed by atoms with E-state index in [9.17, 15) is 0 Å². The number of aromatic nitrogens is 2. The molecule has 2 rings (SSSR count). The second-order valence-corrected chi connectivity index (χ2v) is 5.81. The van der Waals surface area contributed by atoms with E-state index >= 15 is 0 Å². The number of rotatable bonds is 5. The van der Waals surface area contributed by atoms with E-state index in [2.05, 4.69) is 44.3 Å². The lowest BCUT2D eigenvalue weighted by atomic mass is 10.1. The van der Waals surface area contributed by atoms with Crippen molar-refractivity contribution >= 4 is 0 Å². The first-order valence-corrected chi connectivity index (χ1v) is 6.94. The average molecular weight is 251 g/mol. The fourth-order valence-electron chi connectivity index (χ4n) is 2.54. The van der Waals surface area contributed by atoms with E-state index < -0.39 is 0 Å². The predicted octanol–water partition coefficient (Wildman–Crippen LogP) is 2.51. The summed E-state index contributed by atoms with van der Waals surface area (Å²) >= 11 is 0. The Morgan fingerprint density at radius 3 is 3.00 bits per heavy atom. The third-order valence-electron chi connectivity index (χ3n) is 3.61. The topological polar surface area (TPSA) is 39.1 Å². The maximum absolute atomic E-state index is 5.99. The van der Waals surface area contributed by atoms with Gasteiger partial charge in [-0.25, -0.2) is 0 Å². The molecule has 0 spiro atoms. The van der Waals surface area contributed by atoms with Gasteiger partial charge in [-0.15, -0.1) is 0 Å². The molecule has 1 aromatic rings. The minimum Gasteiger partial charge on any atom is -0.370 e. The van der Waals surface area contributed by atoms with Crippen molar-refractivity contribution < 1.29 is 4.74 Å². The molecule has 4 heteroatoms. The largest absolute Gasteiger partial charge is 0.370 e. The molecule has 18 heavy (non-hydrogen) atoms. The molecule has 2 unspecified atom stereocenters. The Kier molecular flexibility index (Phi) is 4.07. The highest BCUT2D eigenvalue weighted by molar-refractivity contribution is 5.09. The van der Waals surface area contributed by atoms with Crippen LogP contribution in [0.5, 0.6) is 0 Å². The second-order valence-electron chi connectivity index (χ2n) is 5.81. The van der Waals surface area contributed by atoms with Gasteiger partial charge in [0.25, 0.3) is 0 Å². The van der Waals surface area contributed by atoms with Crippen molar-refractivity contribution in [2.45, 2.75) is 64.8 Å². The van der Waals surface area contributed by atoms with Crippen molar-refractivity contribution in [3.05, 3.63) is 18.0 Å². The summed E-state index contributed by atoms with van der Waals surface area (Å²) in [6.07, 6.45) is 6.65. The van der Waals surface area contributed by atoms with Gasteiger partial charge >= 0.3 is 0 Å². The maximum Gasteiger partial charge on any atom is 0.0779 e. The molecule has 2 atom stereocenters. The van der Waals surface area contributed by atoms with Crippen LogP contribution in [0.3, 0.4) is 0 Å². The van der Waals surface area contributed by atoms with Crippen LogP contribution in [-0.4, -0.2) is 28.0 Å². The standard InChI is InChI=1S/C14H25N3O/c1-5-15-11(2)12-8-16-17(9-12)10-13-6-7-14(3,4)18-13/h8-9,11,13,15H,5-7,10H2,1-4H3. The molecular formula is C14H25N3O. The van der Waals surface area contributed by atoms with Gasteiger partial charge in [-0.1, -0.05) is 6.92 Å². The van der Waals surface area contributed by atoms with Gasteiger partial charge in [-0.3, -0.25) is 4.68 Å². The van der Waals surface area contributed by atoms with Crippen LogP contribution in [0.2, 0.25) is 0 Å². The highest BCUT2D eigenvalue weighted by Gasteiger charge is 2.31. The van der Waals surface area contributed by atoms with E-state index in [-0.39, 0.29) is 5.60 Å². The molecule has 0 aromatic carbocycles. The molecule has 0 radical (unpaired) electrons. The summed E-state index contributed by atoms with van der Waals surface area (Å²) in [5.41, 5.74) is 1.28. The summed E-state index contributed by atoms with van der Waals surface area (Å²) in [7, 11) is 0. The fraction of sp³-hybridized carbons (Fsp3) is 0.786. The summed E-state index contributed by atoms with van der Waals surface area (Å²) in [5.74, 6) is 0. The highest BCUT2D eigenvalue weighted by Crippen LogP contribution is 2.30. The quantitative estimate of drug-likeness (QED) is 0.874. The van der Waals surface area contributed by atoms with Crippen LogP contribution in [0, 0.1) is 0 Å². The summed E-state index contributed by atoms with van der Waals surface area (Å²) < 4.78 is 8.00. The van der Waals surface area contributed by atoms with Crippen LogP contribution < -0.4 is 5.32 Å². The lowest BCUT2D eigenvalue weighted by molar-refractivity contribution is -0.0229. The molecule has 1 N–H and O–H groups in total. The molecule has 0 aliphatic carbocycles. The Balaban J connectivity index is 1.91. The number of hydrogen-bond donors (Lipinski definition) is 1. The van der Waals surface area contributed by atoms with E-state index in [1.807, 2.05) is 10.9 Å². The zero-order chi connectivity index (χ0) is 13.2. The predicted molar refractivity (Wildman–Crippen MR) is 72.5 cm³/mol. The van der Waals surface area contributed by atoms with Crippen molar-refractivity contribution in [3.8, 4) is 0 Å². The molecule has 1 aliphatic heterocycles. The molecule has 4 nitrogen and oxygen atoms in total. The first-order valence-electron chi connectivity index (χ1n) is 6.94. The van der Waals surface area contributed by atoms with Gasteiger partial charge in [0.2, 0.25) is 0 Å². The lowest BCUT2D eigenvalue weighted by Gasteiger charge is -2.19. The summed E-state index contributed by atoms with van der Waals surface area (Å²) in [4.78, 5) is 0. The molecule has 2 heterocycles. The number of hydrogen-bond acceptors (Lipinski definition) is 3. The molecular weight excluding hydrogens is 226 g/mol. The zero-order valence-corrected chi connectivity index (χ0v) is 11.9. The van der Waals surface area contributed by atoms with Crippen LogP contribution in [-0.2, 0) is 11.3 Å². The van der Waals surface area contributed by atoms with Crippen LogP contribution in [0.1, 0.15) is 52.1 Å². The van der Waals surface area contributed by atoms with Gasteiger partial charge in [0.05, 0.1) is 24.4 Å². The van der Waals surface area contributed by atoms with E-state index in [1.54, 1.807) is 0 Å². The normalized spacial score (nSPS) is 24.3. The van der Waals surface area contributed by atoms with Crippen LogP contribution in [0.25, 0.3) is 0 Å². The second kappa shape index (κ2) is 5.41. The van der Waals surface area contributed by atoms with Gasteiger partial charge < -0.3 is 10.1 Å². The van der Waals surface area contributed by atoms with Crippen LogP contribution in [0.15, 0.2) is 12.4 Å². The van der Waals surface area contributed by atoms with Crippen LogP contribution >= 0.6 is 0 Å². The van der Waals surface area contributed by atoms with Crippen molar-refractivity contribution in [2.75, 3.05) is 6.54 Å². The fourth-order valence-corrected chi connectivity index (χ4v) is 2.54. The van der Waals surface area contributed by atoms with Gasteiger partial charge in [-0.05, 0) is 40.2 Å². The molecule has 0 saturated carbocycles. The average Bonchev–Trinajstić information content (AvgIpc) is 2.86. The third kappa shape index (κ3) is 3.33. The van der Waals surface area contributed by atoms with Crippen LogP contribution in [0.4, 0.5) is 0 Å². The van der Waals surface area contributed by atoms with E-state index in [0.29, 0.717) is 12.1 Å². The first-order chi connectivity index (χ1) is 8.50. The van der Waals surface area contributed by atoms with E-state index in [0.717, 1.165) is 25.9 Å². The van der Waals surface area contributed by atoms with Gasteiger partial charge in [0.15, 0.2) is 0 Å². The monoisotopic (exact) mass is 251 g/mol. The highest BCUT2D eigenvalue weighted by atomic mass is 16.5. The molecule has 1 aromatic heterocycles. The van der Waals surface area contributed by atoms with Gasteiger partial charge in [0, 0.05) is 17.8 Å². The van der Waals surface area contributed by atoms with Crippen molar-refractivity contribution in [3.63, 3.8) is 0 Å². The first kappa shape index (κ1) is 13.6. The van der Waals surface area contributed by atoms with Crippen molar-refractivity contribution in [2.24, 2.45) is 0 Å². The molecule has 1 fully saturated rings. The molecule has 0 amide bonds. The molecule has 1 saturated heterocycles.